The average molecular weight is 891 g/mol. The van der Waals surface area contributed by atoms with Gasteiger partial charge in [-0.1, -0.05) is 77.0 Å². The highest BCUT2D eigenvalue weighted by atomic mass is 16.7. The molecule has 0 spiro atoms. The van der Waals surface area contributed by atoms with E-state index in [1.807, 2.05) is 13.0 Å². The third kappa shape index (κ3) is 13.4. The molecule has 63 heavy (non-hydrogen) atoms. The molecule has 3 saturated heterocycles. The van der Waals surface area contributed by atoms with Gasteiger partial charge in [0.15, 0.2) is 11.9 Å². The van der Waals surface area contributed by atoms with Gasteiger partial charge in [0.25, 0.3) is 0 Å². The predicted octanol–water partition coefficient (Wildman–Crippen LogP) is 3.89. The Bertz CT molecular complexity index is 1790. The van der Waals surface area contributed by atoms with Crippen LogP contribution in [0.25, 0.3) is 0 Å². The van der Waals surface area contributed by atoms with Gasteiger partial charge in [-0.25, -0.2) is 14.4 Å². The molecule has 3 fully saturated rings. The summed E-state index contributed by atoms with van der Waals surface area (Å²) < 4.78 is 46.4. The predicted molar refractivity (Wildman–Crippen MR) is 224 cm³/mol. The third-order valence-corrected chi connectivity index (χ3v) is 12.1. The van der Waals surface area contributed by atoms with E-state index in [9.17, 15) is 44.4 Å². The van der Waals surface area contributed by atoms with Gasteiger partial charge < -0.3 is 58.3 Å². The summed E-state index contributed by atoms with van der Waals surface area (Å²) in [4.78, 5) is 64.4. The van der Waals surface area contributed by atoms with Crippen molar-refractivity contribution in [3.05, 3.63) is 59.8 Å². The Morgan fingerprint density at radius 1 is 0.857 bits per heavy atom. The summed E-state index contributed by atoms with van der Waals surface area (Å²) in [6.07, 6.45) is 3.95. The lowest BCUT2D eigenvalue weighted by atomic mass is 9.70. The highest BCUT2D eigenvalue weighted by Gasteiger charge is 2.59. The van der Waals surface area contributed by atoms with Crippen LogP contribution in [0.4, 0.5) is 0 Å². The minimum Gasteiger partial charge on any atom is -0.466 e. The van der Waals surface area contributed by atoms with E-state index >= 15 is 0 Å². The van der Waals surface area contributed by atoms with E-state index in [2.05, 4.69) is 0 Å². The number of esters is 5. The Morgan fingerprint density at radius 3 is 2.21 bits per heavy atom. The third-order valence-electron chi connectivity index (χ3n) is 12.1. The maximum atomic E-state index is 13.4. The van der Waals surface area contributed by atoms with Crippen molar-refractivity contribution < 1.29 is 82.3 Å². The fourth-order valence-electron chi connectivity index (χ4n) is 8.44. The number of methoxy groups -OCH3 is 2. The molecule has 4 heterocycles. The van der Waals surface area contributed by atoms with Crippen molar-refractivity contribution in [3.8, 4) is 0 Å². The molecule has 0 unspecified atom stereocenters. The molecule has 17 nitrogen and oxygen atoms in total. The summed E-state index contributed by atoms with van der Waals surface area (Å²) in [7, 11) is 2.40. The van der Waals surface area contributed by atoms with Gasteiger partial charge in [0.1, 0.15) is 12.2 Å². The van der Waals surface area contributed by atoms with E-state index in [1.54, 1.807) is 45.9 Å². The summed E-state index contributed by atoms with van der Waals surface area (Å²) >= 11 is 0. The van der Waals surface area contributed by atoms with Crippen LogP contribution >= 0.6 is 0 Å². The SMILES string of the molecule is CCC/C=C/C=C/C(=O)O[C@H]1/C(=C/C(=O)OC)C[C@H]2C[C@H](CO)OC(=O)C[C@H](O)C[C@@H]3C[C@H](OC(C)=O)C(C)(C)[C@](O)(C[C@@H]4C/C(=C/C(=O)OC)C[C@H](/C=C/C(C)(C)[C@]1(O)O2)O4)O3. The number of hydrogen-bond donors (Lipinski definition) is 4. The summed E-state index contributed by atoms with van der Waals surface area (Å²) in [5, 5.41) is 46.9. The largest absolute Gasteiger partial charge is 0.466 e. The molecule has 0 radical (unpaired) electrons. The Labute approximate surface area is 369 Å². The standard InChI is InChI=1S/C46H66O17/c1-9-10-11-12-13-14-38(50)61-42-30(21-40(52)57-8)20-33-24-36(27-47)60-41(53)23-31(49)22-34-25-37(58-28(2)48)44(5,6)45(54,62-34)26-35-18-29(19-39(51)56-7)17-32(59-35)15-16-43(3,4)46(42,55)63-33/h11-16,19,21,31-37,42,47,49,54-55H,9-10,17-18,20,22-27H2,1-8H3/b12-11+,14-13+,16-15+,29-19+,30-21+/t31-,32+,33+,34-,35+,36-,37+,42+,45+,46-/m1/s1. The summed E-state index contributed by atoms with van der Waals surface area (Å²) in [6, 6.07) is 0. The van der Waals surface area contributed by atoms with Gasteiger partial charge in [-0.2, -0.15) is 0 Å². The van der Waals surface area contributed by atoms with Crippen LogP contribution in [0.2, 0.25) is 0 Å². The van der Waals surface area contributed by atoms with Crippen molar-refractivity contribution in [3.63, 3.8) is 0 Å². The van der Waals surface area contributed by atoms with Crippen LogP contribution in [0, 0.1) is 10.8 Å². The van der Waals surface area contributed by atoms with Gasteiger partial charge in [0.2, 0.25) is 5.79 Å². The van der Waals surface area contributed by atoms with Crippen LogP contribution in [0.3, 0.4) is 0 Å². The van der Waals surface area contributed by atoms with E-state index in [1.165, 1.54) is 26.2 Å². The summed E-state index contributed by atoms with van der Waals surface area (Å²) in [5.41, 5.74) is -2.04. The number of aliphatic hydroxyl groups is 4. The van der Waals surface area contributed by atoms with E-state index in [0.29, 0.717) is 5.57 Å². The Hall–Kier alpha value is -4.23. The first-order valence-corrected chi connectivity index (χ1v) is 21.5. The van der Waals surface area contributed by atoms with Gasteiger partial charge in [-0.15, -0.1) is 0 Å². The fourth-order valence-corrected chi connectivity index (χ4v) is 8.44. The van der Waals surface area contributed by atoms with Gasteiger partial charge in [0.05, 0.1) is 63.2 Å². The van der Waals surface area contributed by atoms with Crippen LogP contribution in [0.1, 0.15) is 106 Å². The lowest BCUT2D eigenvalue weighted by molar-refractivity contribution is -0.348. The maximum absolute atomic E-state index is 13.4. The average Bonchev–Trinajstić information content (AvgIpc) is 3.19. The number of unbranched alkanes of at least 4 members (excludes halogenated alkanes) is 1. The molecule has 4 rings (SSSR count). The monoisotopic (exact) mass is 890 g/mol. The Kier molecular flexibility index (Phi) is 18.0. The zero-order valence-corrected chi connectivity index (χ0v) is 37.6. The van der Waals surface area contributed by atoms with Crippen molar-refractivity contribution in [2.75, 3.05) is 20.8 Å². The van der Waals surface area contributed by atoms with Gasteiger partial charge >= 0.3 is 29.8 Å². The van der Waals surface area contributed by atoms with Crippen molar-refractivity contribution in [1.82, 2.24) is 0 Å². The fraction of sp³-hybridized carbons (Fsp3) is 0.674. The molecule has 17 heteroatoms. The molecule has 6 bridgehead atoms. The lowest BCUT2D eigenvalue weighted by Crippen LogP contribution is -2.62. The molecular weight excluding hydrogens is 824 g/mol. The molecule has 0 aromatic carbocycles. The second-order valence-electron chi connectivity index (χ2n) is 17.8. The number of allylic oxidation sites excluding steroid dienone is 3. The van der Waals surface area contributed by atoms with Gasteiger partial charge in [0, 0.05) is 56.3 Å². The first-order valence-electron chi connectivity index (χ1n) is 21.5. The van der Waals surface area contributed by atoms with Crippen LogP contribution in [0.15, 0.2) is 59.8 Å². The zero-order chi connectivity index (χ0) is 46.8. The first kappa shape index (κ1) is 51.4. The maximum Gasteiger partial charge on any atom is 0.331 e. The van der Waals surface area contributed by atoms with E-state index in [0.717, 1.165) is 32.1 Å². The smallest absolute Gasteiger partial charge is 0.331 e. The molecule has 0 aromatic rings. The van der Waals surface area contributed by atoms with Crippen molar-refractivity contribution in [2.24, 2.45) is 10.8 Å². The van der Waals surface area contributed by atoms with Crippen molar-refractivity contribution in [2.45, 2.75) is 166 Å². The lowest BCUT2D eigenvalue weighted by Gasteiger charge is -2.53. The summed E-state index contributed by atoms with van der Waals surface area (Å²) in [5.74, 6) is -8.29. The topological polar surface area (TPSA) is 240 Å². The number of fused-ring (bicyclic) bond motifs is 6. The number of carbonyl (C=O) groups is 5. The Morgan fingerprint density at radius 2 is 1.56 bits per heavy atom. The molecule has 0 aliphatic carbocycles. The van der Waals surface area contributed by atoms with Crippen LogP contribution in [-0.2, 0) is 61.9 Å². The molecule has 352 valence electrons. The van der Waals surface area contributed by atoms with E-state index in [4.69, 9.17) is 37.9 Å². The van der Waals surface area contributed by atoms with Gasteiger partial charge in [-0.05, 0) is 31.3 Å². The number of rotatable bonds is 9. The molecule has 4 aliphatic heterocycles. The minimum absolute atomic E-state index is 0.0751. The summed E-state index contributed by atoms with van der Waals surface area (Å²) in [6.45, 7) is 9.12. The van der Waals surface area contributed by atoms with Crippen LogP contribution in [-0.4, -0.2) is 132 Å². The van der Waals surface area contributed by atoms with Crippen molar-refractivity contribution >= 4 is 29.8 Å². The van der Waals surface area contributed by atoms with E-state index < -0.39 is 114 Å². The molecular formula is C46H66O17. The highest BCUT2D eigenvalue weighted by molar-refractivity contribution is 5.85. The second kappa shape index (κ2) is 22.1. The molecule has 10 atom stereocenters. The molecule has 0 aromatic heterocycles. The number of hydrogen-bond acceptors (Lipinski definition) is 17. The van der Waals surface area contributed by atoms with Crippen LogP contribution in [0.5, 0.6) is 0 Å². The first-order chi connectivity index (χ1) is 29.6. The molecule has 4 aliphatic rings. The van der Waals surface area contributed by atoms with E-state index in [-0.39, 0.29) is 50.5 Å². The van der Waals surface area contributed by atoms with Gasteiger partial charge in [-0.3, -0.25) is 9.59 Å². The number of aliphatic hydroxyl groups excluding tert-OH is 2. The van der Waals surface area contributed by atoms with Crippen LogP contribution < -0.4 is 0 Å². The zero-order valence-electron chi connectivity index (χ0n) is 37.6. The highest BCUT2D eigenvalue weighted by Crippen LogP contribution is 2.50. The number of carbonyl (C=O) groups excluding carboxylic acids is 5. The molecule has 0 amide bonds. The number of ether oxygens (including phenoxy) is 8. The second-order valence-corrected chi connectivity index (χ2v) is 17.8. The quantitative estimate of drug-likeness (QED) is 0.0844. The normalized spacial score (nSPS) is 35.7. The number of cyclic esters (lactones) is 1. The Balaban J connectivity index is 1.87. The molecule has 0 saturated carbocycles. The minimum atomic E-state index is -2.45. The molecule has 4 N–H and O–H groups in total. The van der Waals surface area contributed by atoms with Crippen molar-refractivity contribution in [1.29, 1.82) is 0 Å².